The van der Waals surface area contributed by atoms with Crippen LogP contribution in [0.1, 0.15) is 0 Å². The van der Waals surface area contributed by atoms with Crippen LogP contribution in [0.2, 0.25) is 0 Å². The number of ether oxygens (including phenoxy) is 1. The van der Waals surface area contributed by atoms with Gasteiger partial charge in [-0.1, -0.05) is 18.2 Å². The molecular weight excluding hydrogens is 206 g/mol. The predicted molar refractivity (Wildman–Crippen MR) is 55.7 cm³/mol. The second-order valence-corrected chi connectivity index (χ2v) is 2.42. The number of nitro benzene ring substituents is 1. The Hall–Kier alpha value is -1.55. The summed E-state index contributed by atoms with van der Waals surface area (Å²) in [7, 11) is 1.52. The van der Waals surface area contributed by atoms with E-state index in [0.717, 1.165) is 0 Å². The Morgan fingerprint density at radius 2 is 1.93 bits per heavy atom. The van der Waals surface area contributed by atoms with Crippen LogP contribution in [-0.2, 0) is 0 Å². The number of methoxy groups -OCH3 is 1. The molecule has 0 saturated heterocycles. The fraction of sp³-hybridized carbons (Fsp3) is 0.111. The largest absolute Gasteiger partial charge is 0.497 e. The first-order valence-corrected chi connectivity index (χ1v) is 4.09. The molecule has 0 aliphatic rings. The lowest BCUT2D eigenvalue weighted by Crippen LogP contribution is -1.87. The zero-order valence-electron chi connectivity index (χ0n) is 7.64. The minimum atomic E-state index is -0.445. The molecule has 0 saturated carbocycles. The highest BCUT2D eigenvalue weighted by Crippen LogP contribution is 2.16. The number of hydrogen-bond acceptors (Lipinski definition) is 3. The molecule has 0 spiro atoms. The number of non-ortho nitro benzene ring substituents is 1. The average Bonchev–Trinajstić information content (AvgIpc) is 2.19. The van der Waals surface area contributed by atoms with E-state index in [0.29, 0.717) is 5.75 Å². The van der Waals surface area contributed by atoms with Gasteiger partial charge < -0.3 is 4.74 Å². The standard InChI is InChI=1S/C7H7NO3.C2H3Cl/c1-11-7-4-2-6(3-5-7)8(9)10;1-2-3/h2-5H,1H3;2H,1H2. The third-order valence-electron chi connectivity index (χ3n) is 1.28. The molecule has 0 aliphatic carbocycles. The van der Waals surface area contributed by atoms with E-state index in [-0.39, 0.29) is 5.69 Å². The molecule has 0 radical (unpaired) electrons. The minimum absolute atomic E-state index is 0.0748. The number of nitro groups is 1. The van der Waals surface area contributed by atoms with Crippen LogP contribution in [0.15, 0.2) is 36.4 Å². The van der Waals surface area contributed by atoms with E-state index in [1.54, 1.807) is 12.1 Å². The summed E-state index contributed by atoms with van der Waals surface area (Å²) in [5.41, 5.74) is 1.30. The van der Waals surface area contributed by atoms with Crippen molar-refractivity contribution in [3.05, 3.63) is 46.5 Å². The normalized spacial score (nSPS) is 8.14. The van der Waals surface area contributed by atoms with Crippen LogP contribution in [0.5, 0.6) is 5.75 Å². The monoisotopic (exact) mass is 215 g/mol. The van der Waals surface area contributed by atoms with E-state index in [9.17, 15) is 10.1 Å². The molecule has 5 heteroatoms. The van der Waals surface area contributed by atoms with Crippen molar-refractivity contribution in [2.24, 2.45) is 0 Å². The Labute approximate surface area is 86.9 Å². The summed E-state index contributed by atoms with van der Waals surface area (Å²) < 4.78 is 4.83. The molecule has 0 bridgehead atoms. The van der Waals surface area contributed by atoms with Crippen LogP contribution in [0.4, 0.5) is 5.69 Å². The van der Waals surface area contributed by atoms with Crippen LogP contribution in [0, 0.1) is 10.1 Å². The Kier molecular flexibility index (Phi) is 6.15. The van der Waals surface area contributed by atoms with Gasteiger partial charge in [0.05, 0.1) is 12.0 Å². The number of benzene rings is 1. The van der Waals surface area contributed by atoms with Crippen molar-refractivity contribution in [3.8, 4) is 5.75 Å². The van der Waals surface area contributed by atoms with Crippen molar-refractivity contribution in [1.29, 1.82) is 0 Å². The number of hydrogen-bond donors (Lipinski definition) is 0. The molecule has 0 heterocycles. The summed E-state index contributed by atoms with van der Waals surface area (Å²) in [6.07, 6.45) is 0. The van der Waals surface area contributed by atoms with Gasteiger partial charge in [-0.25, -0.2) is 0 Å². The van der Waals surface area contributed by atoms with E-state index in [2.05, 4.69) is 6.58 Å². The van der Waals surface area contributed by atoms with Gasteiger partial charge in [0, 0.05) is 12.1 Å². The maximum atomic E-state index is 10.2. The third-order valence-corrected chi connectivity index (χ3v) is 1.28. The number of nitrogens with zero attached hydrogens (tertiary/aromatic N) is 1. The second kappa shape index (κ2) is 6.91. The van der Waals surface area contributed by atoms with Crippen LogP contribution in [0.25, 0.3) is 0 Å². The van der Waals surface area contributed by atoms with Gasteiger partial charge in [0.15, 0.2) is 0 Å². The van der Waals surface area contributed by atoms with Crippen molar-refractivity contribution >= 4 is 17.3 Å². The molecule has 0 amide bonds. The van der Waals surface area contributed by atoms with Crippen LogP contribution < -0.4 is 4.74 Å². The van der Waals surface area contributed by atoms with Gasteiger partial charge in [0.25, 0.3) is 5.69 Å². The maximum Gasteiger partial charge on any atom is 0.269 e. The fourth-order valence-electron chi connectivity index (χ4n) is 0.704. The second-order valence-electron chi connectivity index (χ2n) is 2.11. The lowest BCUT2D eigenvalue weighted by Gasteiger charge is -1.96. The highest BCUT2D eigenvalue weighted by Gasteiger charge is 2.02. The van der Waals surface area contributed by atoms with Crippen molar-refractivity contribution in [3.63, 3.8) is 0 Å². The molecule has 0 fully saturated rings. The van der Waals surface area contributed by atoms with Gasteiger partial charge in [0.1, 0.15) is 5.75 Å². The summed E-state index contributed by atoms with van der Waals surface area (Å²) in [6, 6.07) is 5.91. The third kappa shape index (κ3) is 4.47. The van der Waals surface area contributed by atoms with Crippen LogP contribution in [0.3, 0.4) is 0 Å². The molecule has 0 unspecified atom stereocenters. The first-order chi connectivity index (χ1) is 6.65. The summed E-state index contributed by atoms with van der Waals surface area (Å²) in [4.78, 5) is 9.72. The van der Waals surface area contributed by atoms with Gasteiger partial charge in [-0.3, -0.25) is 10.1 Å². The number of halogens is 1. The topological polar surface area (TPSA) is 52.4 Å². The first kappa shape index (κ1) is 12.4. The van der Waals surface area contributed by atoms with Crippen molar-refractivity contribution in [2.75, 3.05) is 7.11 Å². The first-order valence-electron chi connectivity index (χ1n) is 3.65. The number of rotatable bonds is 2. The van der Waals surface area contributed by atoms with E-state index in [1.807, 2.05) is 0 Å². The molecule has 14 heavy (non-hydrogen) atoms. The van der Waals surface area contributed by atoms with E-state index in [1.165, 1.54) is 24.8 Å². The molecule has 0 N–H and O–H groups in total. The fourth-order valence-corrected chi connectivity index (χ4v) is 0.704. The molecule has 1 aromatic carbocycles. The Bertz CT molecular complexity index is 297. The SMILES string of the molecule is C=CCl.COc1ccc([N+](=O)[O-])cc1. The molecule has 1 rings (SSSR count). The lowest BCUT2D eigenvalue weighted by molar-refractivity contribution is -0.384. The highest BCUT2D eigenvalue weighted by molar-refractivity contribution is 6.25. The Morgan fingerprint density at radius 3 is 2.21 bits per heavy atom. The summed E-state index contributed by atoms with van der Waals surface area (Å²) in [5, 5.41) is 10.2. The van der Waals surface area contributed by atoms with Gasteiger partial charge in [-0.05, 0) is 17.7 Å². The van der Waals surface area contributed by atoms with Crippen molar-refractivity contribution < 1.29 is 9.66 Å². The molecule has 1 aromatic rings. The van der Waals surface area contributed by atoms with Crippen molar-refractivity contribution in [1.82, 2.24) is 0 Å². The highest BCUT2D eigenvalue weighted by atomic mass is 35.5. The molecule has 0 atom stereocenters. The minimum Gasteiger partial charge on any atom is -0.497 e. The predicted octanol–water partition coefficient (Wildman–Crippen LogP) is 2.97. The quantitative estimate of drug-likeness (QED) is 0.563. The molecule has 0 aromatic heterocycles. The Balaban J connectivity index is 0.000000500. The van der Waals surface area contributed by atoms with Crippen LogP contribution in [-0.4, -0.2) is 12.0 Å². The van der Waals surface area contributed by atoms with Gasteiger partial charge >= 0.3 is 0 Å². The summed E-state index contributed by atoms with van der Waals surface area (Å²) >= 11 is 4.76. The Morgan fingerprint density at radius 1 is 1.50 bits per heavy atom. The van der Waals surface area contributed by atoms with Gasteiger partial charge in [-0.15, -0.1) is 0 Å². The van der Waals surface area contributed by atoms with E-state index in [4.69, 9.17) is 16.3 Å². The lowest BCUT2D eigenvalue weighted by atomic mass is 10.3. The zero-order chi connectivity index (χ0) is 11.0. The molecular formula is C9H10ClNO3. The molecule has 4 nitrogen and oxygen atoms in total. The van der Waals surface area contributed by atoms with E-state index >= 15 is 0 Å². The van der Waals surface area contributed by atoms with Crippen LogP contribution >= 0.6 is 11.6 Å². The zero-order valence-corrected chi connectivity index (χ0v) is 8.40. The van der Waals surface area contributed by atoms with Gasteiger partial charge in [0.2, 0.25) is 0 Å². The molecule has 0 aliphatic heterocycles. The molecule has 76 valence electrons. The van der Waals surface area contributed by atoms with Crippen molar-refractivity contribution in [2.45, 2.75) is 0 Å². The van der Waals surface area contributed by atoms with Gasteiger partial charge in [-0.2, -0.15) is 0 Å². The maximum absolute atomic E-state index is 10.2. The summed E-state index contributed by atoms with van der Waals surface area (Å²) in [6.45, 7) is 3.13. The van der Waals surface area contributed by atoms with E-state index < -0.39 is 4.92 Å². The summed E-state index contributed by atoms with van der Waals surface area (Å²) in [5.74, 6) is 0.621. The smallest absolute Gasteiger partial charge is 0.269 e. The average molecular weight is 216 g/mol.